The maximum Gasteiger partial charge on any atom is 0.415 e. The second-order valence-corrected chi connectivity index (χ2v) is 7.04. The molecule has 0 radical (unpaired) electrons. The smallest absolute Gasteiger partial charge is 0.408 e. The number of ether oxygens (including phenoxy) is 1. The fraction of sp³-hybridized carbons (Fsp3) is 0.350. The molecule has 0 unspecified atom stereocenters. The zero-order valence-corrected chi connectivity index (χ0v) is 16.2. The average Bonchev–Trinajstić information content (AvgIpc) is 2.68. The molecule has 1 amide bonds. The molecule has 2 aromatic carbocycles. The van der Waals surface area contributed by atoms with Crippen molar-refractivity contribution in [2.24, 2.45) is 10.2 Å². The summed E-state index contributed by atoms with van der Waals surface area (Å²) < 4.78 is 5.59. The molecule has 1 saturated heterocycles. The van der Waals surface area contributed by atoms with Crippen molar-refractivity contribution in [3.63, 3.8) is 0 Å². The van der Waals surface area contributed by atoms with Crippen molar-refractivity contribution in [2.75, 3.05) is 38.7 Å². The van der Waals surface area contributed by atoms with E-state index in [9.17, 15) is 4.79 Å². The van der Waals surface area contributed by atoms with Gasteiger partial charge in [0.25, 0.3) is 0 Å². The molecule has 2 aromatic rings. The molecule has 4 N–H and O–H groups in total. The first kappa shape index (κ1) is 19.6. The molecule has 0 bridgehead atoms. The van der Waals surface area contributed by atoms with Crippen molar-refractivity contribution in [2.45, 2.75) is 18.9 Å². The summed E-state index contributed by atoms with van der Waals surface area (Å²) in [4.78, 5) is 16.5. The molecule has 28 heavy (non-hydrogen) atoms. The maximum absolute atomic E-state index is 12.5. The third-order valence-electron chi connectivity index (χ3n) is 4.83. The predicted molar refractivity (Wildman–Crippen MR) is 110 cm³/mol. The van der Waals surface area contributed by atoms with Crippen LogP contribution in [0.1, 0.15) is 12.8 Å². The highest BCUT2D eigenvalue weighted by Gasteiger charge is 2.25. The molecule has 1 heterocycles. The van der Waals surface area contributed by atoms with Crippen molar-refractivity contribution < 1.29 is 9.53 Å². The van der Waals surface area contributed by atoms with Crippen molar-refractivity contribution in [3.05, 3.63) is 42.5 Å². The number of nitrogens with zero attached hydrogens (tertiary/aromatic N) is 4. The van der Waals surface area contributed by atoms with Gasteiger partial charge in [0.05, 0.1) is 5.69 Å². The third-order valence-corrected chi connectivity index (χ3v) is 4.83. The first-order chi connectivity index (χ1) is 13.4. The Balaban J connectivity index is 1.68. The predicted octanol–water partition coefficient (Wildman–Crippen LogP) is 3.79. The number of para-hydroxylation sites is 1. The second kappa shape index (κ2) is 8.71. The van der Waals surface area contributed by atoms with Crippen LogP contribution >= 0.6 is 0 Å². The van der Waals surface area contributed by atoms with Gasteiger partial charge in [-0.1, -0.05) is 12.1 Å². The van der Waals surface area contributed by atoms with E-state index in [1.54, 1.807) is 47.4 Å². The molecule has 0 aromatic heterocycles. The molecular weight excluding hydrogens is 356 g/mol. The number of rotatable bonds is 4. The number of hydrogen-bond acceptors (Lipinski definition) is 7. The number of nitrogens with two attached hydrogens (primary N) is 2. The van der Waals surface area contributed by atoms with Gasteiger partial charge in [0.15, 0.2) is 5.75 Å². The van der Waals surface area contributed by atoms with Gasteiger partial charge in [-0.25, -0.2) is 4.79 Å². The van der Waals surface area contributed by atoms with E-state index in [4.69, 9.17) is 16.2 Å². The zero-order valence-electron chi connectivity index (χ0n) is 16.2. The number of anilines is 2. The van der Waals surface area contributed by atoms with Crippen LogP contribution in [0.5, 0.6) is 5.75 Å². The molecule has 1 fully saturated rings. The van der Waals surface area contributed by atoms with E-state index in [2.05, 4.69) is 29.2 Å². The standard InChI is InChI=1S/C20H26N6O2/c1-25(2)15-9-11-26(12-10-15)20(27)28-19-6-4-3-5-18(19)24-23-17-8-7-14(21)13-16(17)22/h3-8,13,15H,9-12,21-22H2,1-2H3/b24-23+. The first-order valence-electron chi connectivity index (χ1n) is 9.23. The van der Waals surface area contributed by atoms with Crippen LogP contribution in [0.2, 0.25) is 0 Å². The molecule has 0 spiro atoms. The molecule has 1 aliphatic heterocycles. The Morgan fingerprint density at radius 3 is 2.43 bits per heavy atom. The molecule has 1 aliphatic rings. The van der Waals surface area contributed by atoms with Crippen LogP contribution in [0.4, 0.5) is 27.5 Å². The molecular formula is C20H26N6O2. The summed E-state index contributed by atoms with van der Waals surface area (Å²) >= 11 is 0. The lowest BCUT2D eigenvalue weighted by molar-refractivity contribution is 0.118. The molecule has 0 saturated carbocycles. The minimum Gasteiger partial charge on any atom is -0.408 e. The van der Waals surface area contributed by atoms with Crippen molar-refractivity contribution in [3.8, 4) is 5.75 Å². The Hall–Kier alpha value is -3.13. The number of hydrogen-bond donors (Lipinski definition) is 2. The number of carbonyl (C=O) groups is 1. The summed E-state index contributed by atoms with van der Waals surface area (Å²) in [5, 5.41) is 8.36. The van der Waals surface area contributed by atoms with E-state index in [0.29, 0.717) is 47.6 Å². The van der Waals surface area contributed by atoms with Gasteiger partial charge in [0, 0.05) is 24.8 Å². The van der Waals surface area contributed by atoms with Gasteiger partial charge in [-0.15, -0.1) is 10.2 Å². The molecule has 0 atom stereocenters. The first-order valence-corrected chi connectivity index (χ1v) is 9.23. The number of likely N-dealkylation sites (tertiary alicyclic amines) is 1. The molecule has 3 rings (SSSR count). The Morgan fingerprint density at radius 2 is 1.75 bits per heavy atom. The van der Waals surface area contributed by atoms with E-state index in [1.807, 2.05) is 0 Å². The Bertz CT molecular complexity index is 860. The SMILES string of the molecule is CN(C)C1CCN(C(=O)Oc2ccccc2/N=N/c2ccc(N)cc2N)CC1. The summed E-state index contributed by atoms with van der Waals surface area (Å²) in [5.41, 5.74) is 13.5. The Labute approximate surface area is 164 Å². The van der Waals surface area contributed by atoms with Crippen LogP contribution < -0.4 is 16.2 Å². The molecule has 148 valence electrons. The molecule has 8 nitrogen and oxygen atoms in total. The summed E-state index contributed by atoms with van der Waals surface area (Å²) in [7, 11) is 4.13. The minimum atomic E-state index is -0.369. The lowest BCUT2D eigenvalue weighted by Gasteiger charge is -2.34. The normalized spacial score (nSPS) is 15.3. The minimum absolute atomic E-state index is 0.361. The van der Waals surface area contributed by atoms with Crippen LogP contribution in [0.15, 0.2) is 52.7 Å². The van der Waals surface area contributed by atoms with Gasteiger partial charge in [-0.05, 0) is 57.3 Å². The van der Waals surface area contributed by atoms with Gasteiger partial charge >= 0.3 is 6.09 Å². The topological polar surface area (TPSA) is 110 Å². The molecule has 8 heteroatoms. The van der Waals surface area contributed by atoms with Gasteiger partial charge in [-0.3, -0.25) is 0 Å². The van der Waals surface area contributed by atoms with E-state index >= 15 is 0 Å². The van der Waals surface area contributed by atoms with E-state index < -0.39 is 0 Å². The number of nitrogen functional groups attached to an aromatic ring is 2. The van der Waals surface area contributed by atoms with Crippen LogP contribution in [0, 0.1) is 0 Å². The van der Waals surface area contributed by atoms with Crippen LogP contribution in [-0.4, -0.2) is 49.1 Å². The quantitative estimate of drug-likeness (QED) is 0.617. The van der Waals surface area contributed by atoms with Gasteiger partial charge < -0.3 is 26.0 Å². The fourth-order valence-corrected chi connectivity index (χ4v) is 3.12. The highest BCUT2D eigenvalue weighted by Crippen LogP contribution is 2.31. The number of piperidine rings is 1. The summed E-state index contributed by atoms with van der Waals surface area (Å²) in [6.45, 7) is 1.35. The lowest BCUT2D eigenvalue weighted by atomic mass is 10.0. The van der Waals surface area contributed by atoms with Gasteiger partial charge in [-0.2, -0.15) is 0 Å². The highest BCUT2D eigenvalue weighted by atomic mass is 16.6. The molecule has 0 aliphatic carbocycles. The Morgan fingerprint density at radius 1 is 1.07 bits per heavy atom. The lowest BCUT2D eigenvalue weighted by Crippen LogP contribution is -2.45. The number of benzene rings is 2. The van der Waals surface area contributed by atoms with Crippen molar-refractivity contribution in [1.82, 2.24) is 9.80 Å². The van der Waals surface area contributed by atoms with Crippen LogP contribution in [0.25, 0.3) is 0 Å². The van der Waals surface area contributed by atoms with E-state index in [-0.39, 0.29) is 6.09 Å². The highest BCUT2D eigenvalue weighted by molar-refractivity contribution is 5.73. The monoisotopic (exact) mass is 382 g/mol. The summed E-state index contributed by atoms with van der Waals surface area (Å²) in [6.07, 6.45) is 1.49. The summed E-state index contributed by atoms with van der Waals surface area (Å²) in [6, 6.07) is 12.5. The van der Waals surface area contributed by atoms with Crippen LogP contribution in [-0.2, 0) is 0 Å². The van der Waals surface area contributed by atoms with Crippen molar-refractivity contribution in [1.29, 1.82) is 0 Å². The van der Waals surface area contributed by atoms with Crippen LogP contribution in [0.3, 0.4) is 0 Å². The largest absolute Gasteiger partial charge is 0.415 e. The summed E-state index contributed by atoms with van der Waals surface area (Å²) in [5.74, 6) is 0.361. The Kier molecular flexibility index (Phi) is 6.10. The maximum atomic E-state index is 12.5. The third kappa shape index (κ3) is 4.77. The number of carbonyl (C=O) groups excluding carboxylic acids is 1. The number of amides is 1. The van der Waals surface area contributed by atoms with E-state index in [0.717, 1.165) is 12.8 Å². The van der Waals surface area contributed by atoms with E-state index in [1.165, 1.54) is 0 Å². The van der Waals surface area contributed by atoms with Crippen molar-refractivity contribution >= 4 is 28.8 Å². The number of azo groups is 1. The second-order valence-electron chi connectivity index (χ2n) is 7.04. The van der Waals surface area contributed by atoms with Gasteiger partial charge in [0.1, 0.15) is 11.4 Å². The fourth-order valence-electron chi connectivity index (χ4n) is 3.12. The zero-order chi connectivity index (χ0) is 20.1. The van der Waals surface area contributed by atoms with Gasteiger partial charge in [0.2, 0.25) is 0 Å². The average molecular weight is 382 g/mol.